The van der Waals surface area contributed by atoms with E-state index in [1.165, 1.54) is 11.1 Å². The van der Waals surface area contributed by atoms with Crippen molar-refractivity contribution in [1.29, 1.82) is 0 Å². The van der Waals surface area contributed by atoms with E-state index in [4.69, 9.17) is 4.74 Å². The fraction of sp³-hybridized carbons (Fsp3) is 0.304. The summed E-state index contributed by atoms with van der Waals surface area (Å²) in [6.07, 6.45) is 0.786. The Morgan fingerprint density at radius 3 is 2.63 bits per heavy atom. The molecule has 2 aromatic carbocycles. The number of nitrogens with zero attached hydrogens (tertiary/aromatic N) is 1. The molecule has 1 N–H and O–H groups in total. The third-order valence-electron chi connectivity index (χ3n) is 4.76. The van der Waals surface area contributed by atoms with Gasteiger partial charge in [-0.2, -0.15) is 0 Å². The summed E-state index contributed by atoms with van der Waals surface area (Å²) in [5.41, 5.74) is 4.50. The van der Waals surface area contributed by atoms with E-state index in [0.29, 0.717) is 11.1 Å². The molecule has 0 saturated carbocycles. The third kappa shape index (κ3) is 5.59. The number of carbonyl (C=O) groups is 1. The summed E-state index contributed by atoms with van der Waals surface area (Å²) >= 11 is 5.53. The number of amides is 1. The van der Waals surface area contributed by atoms with Gasteiger partial charge in [-0.1, -0.05) is 42.5 Å². The zero-order valence-corrected chi connectivity index (χ0v) is 19.2. The van der Waals surface area contributed by atoms with Crippen LogP contribution in [-0.4, -0.2) is 35.5 Å². The van der Waals surface area contributed by atoms with Crippen molar-refractivity contribution in [1.82, 2.24) is 10.3 Å². The molecular formula is C23H24N2O2S3. The molecule has 0 bridgehead atoms. The molecule has 0 spiro atoms. The summed E-state index contributed by atoms with van der Waals surface area (Å²) < 4.78 is 6.24. The van der Waals surface area contributed by atoms with Crippen LogP contribution in [0.2, 0.25) is 0 Å². The van der Waals surface area contributed by atoms with Crippen molar-refractivity contribution >= 4 is 40.8 Å². The largest absolute Gasteiger partial charge is 0.483 e. The Hall–Kier alpha value is -1.96. The van der Waals surface area contributed by atoms with Crippen LogP contribution in [0.1, 0.15) is 20.7 Å². The summed E-state index contributed by atoms with van der Waals surface area (Å²) in [7, 11) is 0. The van der Waals surface area contributed by atoms with Crippen molar-refractivity contribution in [2.75, 3.05) is 24.7 Å². The molecular weight excluding hydrogens is 432 g/mol. The lowest BCUT2D eigenvalue weighted by Gasteiger charge is -2.15. The van der Waals surface area contributed by atoms with Crippen LogP contribution in [0.5, 0.6) is 5.75 Å². The topological polar surface area (TPSA) is 51.2 Å². The molecule has 4 rings (SSSR count). The number of aromatic nitrogens is 1. The molecule has 0 radical (unpaired) electrons. The minimum absolute atomic E-state index is 0.0428. The molecule has 1 aliphatic rings. The number of aryl methyl sites for hydroxylation is 1. The van der Waals surface area contributed by atoms with E-state index >= 15 is 0 Å². The van der Waals surface area contributed by atoms with Crippen LogP contribution < -0.4 is 10.1 Å². The van der Waals surface area contributed by atoms with Crippen molar-refractivity contribution in [2.45, 2.75) is 17.9 Å². The average molecular weight is 457 g/mol. The van der Waals surface area contributed by atoms with E-state index in [1.807, 2.05) is 48.6 Å². The number of nitrogens with one attached hydrogen (secondary N) is 1. The zero-order chi connectivity index (χ0) is 20.8. The number of para-hydroxylation sites is 1. The molecule has 2 heterocycles. The molecule has 1 fully saturated rings. The van der Waals surface area contributed by atoms with E-state index in [9.17, 15) is 4.79 Å². The first-order valence-corrected chi connectivity index (χ1v) is 12.9. The molecule has 1 amide bonds. The number of carbonyl (C=O) groups excluding carboxylic acids is 1. The van der Waals surface area contributed by atoms with Crippen molar-refractivity contribution < 1.29 is 9.53 Å². The van der Waals surface area contributed by atoms with E-state index in [2.05, 4.69) is 46.0 Å². The predicted octanol–water partition coefficient (Wildman–Crippen LogP) is 5.33. The van der Waals surface area contributed by atoms with Gasteiger partial charge in [-0.15, -0.1) is 34.9 Å². The van der Waals surface area contributed by atoms with Gasteiger partial charge in [0.2, 0.25) is 0 Å². The molecule has 156 valence electrons. The van der Waals surface area contributed by atoms with Crippen LogP contribution in [0.15, 0.2) is 53.9 Å². The van der Waals surface area contributed by atoms with Crippen LogP contribution >= 0.6 is 34.9 Å². The van der Waals surface area contributed by atoms with Crippen molar-refractivity contribution in [3.05, 3.63) is 70.0 Å². The Labute approximate surface area is 189 Å². The summed E-state index contributed by atoms with van der Waals surface area (Å²) in [4.78, 5) is 16.7. The fourth-order valence-corrected chi connectivity index (χ4v) is 6.75. The van der Waals surface area contributed by atoms with Gasteiger partial charge in [-0.25, -0.2) is 4.98 Å². The highest BCUT2D eigenvalue weighted by Gasteiger charge is 2.21. The van der Waals surface area contributed by atoms with E-state index < -0.39 is 0 Å². The quantitative estimate of drug-likeness (QED) is 0.496. The van der Waals surface area contributed by atoms with Gasteiger partial charge in [0, 0.05) is 34.6 Å². The lowest BCUT2D eigenvalue weighted by atomic mass is 10.1. The standard InChI is InChI=1S/C23H24N2O2S3/c1-16-25-20(15-30-16)18-8-6-17(7-9-18)10-11-24-22(26)14-27-21-5-3-2-4-19(21)23-28-12-13-29-23/h2-9,15,23H,10-14H2,1H3,(H,24,26). The Morgan fingerprint density at radius 1 is 1.13 bits per heavy atom. The number of thiazole rings is 1. The summed E-state index contributed by atoms with van der Waals surface area (Å²) in [6.45, 7) is 2.65. The van der Waals surface area contributed by atoms with Crippen molar-refractivity contribution in [3.8, 4) is 17.0 Å². The molecule has 4 nitrogen and oxygen atoms in total. The van der Waals surface area contributed by atoms with Crippen LogP contribution in [0.3, 0.4) is 0 Å². The number of thioether (sulfide) groups is 2. The number of hydrogen-bond acceptors (Lipinski definition) is 6. The van der Waals surface area contributed by atoms with Crippen LogP contribution in [0.25, 0.3) is 11.3 Å². The van der Waals surface area contributed by atoms with Gasteiger partial charge in [0.1, 0.15) is 5.75 Å². The number of benzene rings is 2. The molecule has 0 aliphatic carbocycles. The van der Waals surface area contributed by atoms with Gasteiger partial charge in [0.15, 0.2) is 6.61 Å². The molecule has 0 unspecified atom stereocenters. The molecule has 1 saturated heterocycles. The Balaban J connectivity index is 1.23. The molecule has 1 aliphatic heterocycles. The molecule has 1 aromatic heterocycles. The van der Waals surface area contributed by atoms with Crippen molar-refractivity contribution in [3.63, 3.8) is 0 Å². The van der Waals surface area contributed by atoms with Gasteiger partial charge < -0.3 is 10.1 Å². The van der Waals surface area contributed by atoms with Gasteiger partial charge in [-0.05, 0) is 25.0 Å². The third-order valence-corrected chi connectivity index (χ3v) is 8.60. The van der Waals surface area contributed by atoms with Gasteiger partial charge >= 0.3 is 0 Å². The van der Waals surface area contributed by atoms with Crippen molar-refractivity contribution in [2.24, 2.45) is 0 Å². The second-order valence-corrected chi connectivity index (χ2v) is 10.7. The molecule has 7 heteroatoms. The first-order chi connectivity index (χ1) is 14.7. The molecule has 3 aromatic rings. The van der Waals surface area contributed by atoms with Gasteiger partial charge in [-0.3, -0.25) is 4.79 Å². The highest BCUT2D eigenvalue weighted by Crippen LogP contribution is 2.48. The van der Waals surface area contributed by atoms with E-state index in [0.717, 1.165) is 39.9 Å². The van der Waals surface area contributed by atoms with E-state index in [-0.39, 0.29) is 12.5 Å². The van der Waals surface area contributed by atoms with Gasteiger partial charge in [0.25, 0.3) is 5.91 Å². The highest BCUT2D eigenvalue weighted by atomic mass is 32.2. The minimum atomic E-state index is -0.0916. The van der Waals surface area contributed by atoms with Crippen LogP contribution in [0.4, 0.5) is 0 Å². The SMILES string of the molecule is Cc1nc(-c2ccc(CCNC(=O)COc3ccccc3C3SCCS3)cc2)cs1. The summed E-state index contributed by atoms with van der Waals surface area (Å²) in [6, 6.07) is 16.4. The Kier molecular flexibility index (Phi) is 7.36. The monoisotopic (exact) mass is 456 g/mol. The fourth-order valence-electron chi connectivity index (χ4n) is 3.22. The number of hydrogen-bond donors (Lipinski definition) is 1. The smallest absolute Gasteiger partial charge is 0.257 e. The first-order valence-electron chi connectivity index (χ1n) is 9.92. The minimum Gasteiger partial charge on any atom is -0.483 e. The Bertz CT molecular complexity index is 982. The number of ether oxygens (including phenoxy) is 1. The Morgan fingerprint density at radius 2 is 1.90 bits per heavy atom. The second-order valence-electron chi connectivity index (χ2n) is 6.95. The average Bonchev–Trinajstić information content (AvgIpc) is 3.45. The maximum absolute atomic E-state index is 12.2. The van der Waals surface area contributed by atoms with Crippen LogP contribution in [-0.2, 0) is 11.2 Å². The first kappa shape index (κ1) is 21.3. The predicted molar refractivity (Wildman–Crippen MR) is 129 cm³/mol. The maximum atomic E-state index is 12.2. The van der Waals surface area contributed by atoms with E-state index in [1.54, 1.807) is 11.3 Å². The number of rotatable bonds is 8. The van der Waals surface area contributed by atoms with Crippen LogP contribution in [0, 0.1) is 6.92 Å². The lowest BCUT2D eigenvalue weighted by molar-refractivity contribution is -0.123. The second kappa shape index (κ2) is 10.4. The molecule has 30 heavy (non-hydrogen) atoms. The maximum Gasteiger partial charge on any atom is 0.257 e. The zero-order valence-electron chi connectivity index (χ0n) is 16.8. The summed E-state index contributed by atoms with van der Waals surface area (Å²) in [5, 5.41) is 6.10. The highest BCUT2D eigenvalue weighted by molar-refractivity contribution is 8.19. The molecule has 0 atom stereocenters. The normalized spacial score (nSPS) is 14.0. The van der Waals surface area contributed by atoms with Gasteiger partial charge in [0.05, 0.1) is 15.3 Å². The summed E-state index contributed by atoms with van der Waals surface area (Å²) in [5.74, 6) is 3.04. The lowest BCUT2D eigenvalue weighted by Crippen LogP contribution is -2.30.